The predicted molar refractivity (Wildman–Crippen MR) is 73.2 cm³/mol. The van der Waals surface area contributed by atoms with Gasteiger partial charge in [-0.1, -0.05) is 30.3 Å². The van der Waals surface area contributed by atoms with Crippen molar-refractivity contribution < 1.29 is 17.2 Å². The number of carbonyl (C=O) groups excluding carboxylic acids is 1. The average molecular weight is 282 g/mol. The molecule has 2 N–H and O–H groups in total. The van der Waals surface area contributed by atoms with Crippen molar-refractivity contribution in [2.75, 3.05) is 19.6 Å². The maximum Gasteiger partial charge on any atom is 0.233 e. The van der Waals surface area contributed by atoms with E-state index in [9.17, 15) is 4.79 Å². The molecule has 1 amide bonds. The molecule has 1 aromatic carbocycles. The Kier molecular flexibility index (Phi) is 5.39. The molecule has 1 saturated carbocycles. The van der Waals surface area contributed by atoms with Gasteiger partial charge in [0.05, 0.1) is 5.41 Å². The zero-order valence-corrected chi connectivity index (χ0v) is 12.4. The van der Waals surface area contributed by atoms with Gasteiger partial charge in [-0.2, -0.15) is 0 Å². The van der Waals surface area contributed by atoms with E-state index < -0.39 is 0 Å². The molecule has 2 atom stereocenters. The third-order valence-corrected chi connectivity index (χ3v) is 4.11. The second kappa shape index (κ2) is 6.40. The average Bonchev–Trinajstić information content (AvgIpc) is 3.17. The normalized spacial score (nSPS) is 24.5. The highest BCUT2D eigenvalue weighted by Gasteiger charge is 2.61. The Morgan fingerprint density at radius 3 is 2.32 bits per heavy atom. The molecule has 0 aromatic heterocycles. The Labute approximate surface area is 121 Å². The molecule has 1 fully saturated rings. The van der Waals surface area contributed by atoms with Crippen molar-refractivity contribution in [3.63, 3.8) is 0 Å². The fourth-order valence-corrected chi connectivity index (χ4v) is 2.88. The van der Waals surface area contributed by atoms with Gasteiger partial charge in [-0.3, -0.25) is 4.79 Å². The smallest absolute Gasteiger partial charge is 0.233 e. The summed E-state index contributed by atoms with van der Waals surface area (Å²) in [6.45, 7) is 6.17. The van der Waals surface area contributed by atoms with E-state index in [0.717, 1.165) is 25.1 Å². The van der Waals surface area contributed by atoms with Gasteiger partial charge in [0.1, 0.15) is 0 Å². The minimum Gasteiger partial charge on any atom is -1.00 e. The Hall–Kier alpha value is -1.06. The minimum atomic E-state index is -0.345. The largest absolute Gasteiger partial charge is 1.00 e. The maximum absolute atomic E-state index is 12.7. The highest BCUT2D eigenvalue weighted by Crippen LogP contribution is 2.54. The van der Waals surface area contributed by atoms with Gasteiger partial charge in [0.2, 0.25) is 5.91 Å². The SMILES string of the molecule is CCN(CC)C(=O)[C@]1(c2ccccc2)CC1CN.[Cl-]. The Morgan fingerprint density at radius 1 is 1.32 bits per heavy atom. The fourth-order valence-electron chi connectivity index (χ4n) is 2.88. The third kappa shape index (κ3) is 2.63. The number of nitrogens with two attached hydrogens (primary N) is 1. The summed E-state index contributed by atoms with van der Waals surface area (Å²) in [5, 5.41) is 0. The first-order valence-corrected chi connectivity index (χ1v) is 6.75. The van der Waals surface area contributed by atoms with E-state index in [4.69, 9.17) is 5.73 Å². The molecule has 0 spiro atoms. The third-order valence-electron chi connectivity index (χ3n) is 4.11. The molecule has 1 aliphatic rings. The lowest BCUT2D eigenvalue weighted by Crippen LogP contribution is -3.00. The number of hydrogen-bond donors (Lipinski definition) is 1. The maximum atomic E-state index is 12.7. The van der Waals surface area contributed by atoms with E-state index in [-0.39, 0.29) is 23.7 Å². The first-order chi connectivity index (χ1) is 8.70. The molecule has 3 nitrogen and oxygen atoms in total. The molecule has 1 aliphatic carbocycles. The lowest BCUT2D eigenvalue weighted by molar-refractivity contribution is -0.134. The zero-order valence-electron chi connectivity index (χ0n) is 11.6. The lowest BCUT2D eigenvalue weighted by Gasteiger charge is -2.26. The summed E-state index contributed by atoms with van der Waals surface area (Å²) in [6.07, 6.45) is 0.892. The summed E-state index contributed by atoms with van der Waals surface area (Å²) < 4.78 is 0. The van der Waals surface area contributed by atoms with Crippen molar-refractivity contribution in [2.45, 2.75) is 25.7 Å². The number of rotatable bonds is 5. The van der Waals surface area contributed by atoms with Crippen LogP contribution in [0.3, 0.4) is 0 Å². The van der Waals surface area contributed by atoms with Crippen molar-refractivity contribution in [3.8, 4) is 0 Å². The first kappa shape index (κ1) is 16.0. The molecule has 1 aromatic rings. The zero-order chi connectivity index (χ0) is 13.2. The quantitative estimate of drug-likeness (QED) is 0.735. The fraction of sp³-hybridized carbons (Fsp3) is 0.533. The molecule has 1 unspecified atom stereocenters. The summed E-state index contributed by atoms with van der Waals surface area (Å²) in [6, 6.07) is 10.1. The molecule has 0 bridgehead atoms. The summed E-state index contributed by atoms with van der Waals surface area (Å²) >= 11 is 0. The van der Waals surface area contributed by atoms with Gasteiger partial charge in [-0.05, 0) is 38.3 Å². The first-order valence-electron chi connectivity index (χ1n) is 6.75. The van der Waals surface area contributed by atoms with Crippen LogP contribution < -0.4 is 18.1 Å². The molecule has 0 aliphatic heterocycles. The predicted octanol–water partition coefficient (Wildman–Crippen LogP) is -1.22. The Balaban J connectivity index is 0.00000180. The van der Waals surface area contributed by atoms with Crippen LogP contribution in [-0.2, 0) is 10.2 Å². The van der Waals surface area contributed by atoms with Crippen LogP contribution in [0.2, 0.25) is 0 Å². The summed E-state index contributed by atoms with van der Waals surface area (Å²) in [7, 11) is 0. The van der Waals surface area contributed by atoms with E-state index in [2.05, 4.69) is 12.1 Å². The molecule has 4 heteroatoms. The molecule has 106 valence electrons. The van der Waals surface area contributed by atoms with Gasteiger partial charge in [0.25, 0.3) is 0 Å². The summed E-state index contributed by atoms with van der Waals surface area (Å²) in [5.41, 5.74) is 6.57. The standard InChI is InChI=1S/C15H22N2O.ClH/c1-3-17(4-2)14(18)15(10-13(15)11-16)12-8-6-5-7-9-12;/h5-9,13H,3-4,10-11,16H2,1-2H3;1H/p-1/t13?,15-;/m0./s1. The van der Waals surface area contributed by atoms with Gasteiger partial charge in [-0.15, -0.1) is 0 Å². The number of carbonyl (C=O) groups is 1. The van der Waals surface area contributed by atoms with Crippen LogP contribution in [0.15, 0.2) is 30.3 Å². The van der Waals surface area contributed by atoms with Crippen LogP contribution in [-0.4, -0.2) is 30.4 Å². The van der Waals surface area contributed by atoms with Crippen LogP contribution >= 0.6 is 0 Å². The number of benzene rings is 1. The number of amides is 1. The lowest BCUT2D eigenvalue weighted by atomic mass is 9.91. The minimum absolute atomic E-state index is 0. The van der Waals surface area contributed by atoms with Gasteiger partial charge in [0, 0.05) is 13.1 Å². The molecule has 0 heterocycles. The van der Waals surface area contributed by atoms with Gasteiger partial charge >= 0.3 is 0 Å². The molecular formula is C15H22ClN2O-. The van der Waals surface area contributed by atoms with Gasteiger partial charge < -0.3 is 23.0 Å². The Morgan fingerprint density at radius 2 is 1.89 bits per heavy atom. The second-order valence-corrected chi connectivity index (χ2v) is 4.95. The van der Waals surface area contributed by atoms with Crippen LogP contribution in [0.1, 0.15) is 25.8 Å². The van der Waals surface area contributed by atoms with E-state index in [1.807, 2.05) is 36.9 Å². The summed E-state index contributed by atoms with van der Waals surface area (Å²) in [5.74, 6) is 0.544. The van der Waals surface area contributed by atoms with Crippen molar-refractivity contribution in [1.82, 2.24) is 4.90 Å². The van der Waals surface area contributed by atoms with Crippen molar-refractivity contribution >= 4 is 5.91 Å². The topological polar surface area (TPSA) is 46.3 Å². The van der Waals surface area contributed by atoms with Crippen molar-refractivity contribution in [1.29, 1.82) is 0 Å². The highest BCUT2D eigenvalue weighted by molar-refractivity contribution is 5.92. The van der Waals surface area contributed by atoms with E-state index in [1.165, 1.54) is 0 Å². The molecule has 2 rings (SSSR count). The van der Waals surface area contributed by atoms with Crippen LogP contribution in [0.5, 0.6) is 0 Å². The monoisotopic (exact) mass is 281 g/mol. The molecule has 19 heavy (non-hydrogen) atoms. The van der Waals surface area contributed by atoms with Crippen LogP contribution in [0.25, 0.3) is 0 Å². The van der Waals surface area contributed by atoms with Crippen LogP contribution in [0.4, 0.5) is 0 Å². The highest BCUT2D eigenvalue weighted by atomic mass is 35.5. The Bertz CT molecular complexity index is 419. The van der Waals surface area contributed by atoms with E-state index in [0.29, 0.717) is 12.5 Å². The molecule has 0 saturated heterocycles. The van der Waals surface area contributed by atoms with E-state index in [1.54, 1.807) is 0 Å². The van der Waals surface area contributed by atoms with E-state index >= 15 is 0 Å². The second-order valence-electron chi connectivity index (χ2n) is 4.95. The molecular weight excluding hydrogens is 260 g/mol. The van der Waals surface area contributed by atoms with Gasteiger partial charge in [0.15, 0.2) is 0 Å². The summed E-state index contributed by atoms with van der Waals surface area (Å²) in [4.78, 5) is 14.6. The number of hydrogen-bond acceptors (Lipinski definition) is 2. The van der Waals surface area contributed by atoms with Crippen molar-refractivity contribution in [2.24, 2.45) is 11.7 Å². The van der Waals surface area contributed by atoms with Crippen LogP contribution in [0, 0.1) is 5.92 Å². The van der Waals surface area contributed by atoms with Gasteiger partial charge in [-0.25, -0.2) is 0 Å². The molecule has 0 radical (unpaired) electrons. The number of likely N-dealkylation sites (N-methyl/N-ethyl adjacent to an activating group) is 1. The number of halogens is 1. The van der Waals surface area contributed by atoms with Crippen molar-refractivity contribution in [3.05, 3.63) is 35.9 Å². The number of nitrogens with zero attached hydrogens (tertiary/aromatic N) is 1.